The molecule has 17 heterocycles. The first kappa shape index (κ1) is 78.2. The van der Waals surface area contributed by atoms with Crippen LogP contribution in [0.15, 0.2) is 86.1 Å². The zero-order valence-corrected chi connectivity index (χ0v) is 65.3. The van der Waals surface area contributed by atoms with Crippen molar-refractivity contribution in [2.75, 3.05) is 0 Å². The van der Waals surface area contributed by atoms with Crippen LogP contribution in [-0.2, 0) is 66.3 Å². The van der Waals surface area contributed by atoms with E-state index in [0.29, 0.717) is 48.3 Å². The van der Waals surface area contributed by atoms with Gasteiger partial charge in [0.1, 0.15) is 36.6 Å². The Balaban J connectivity index is 0.000000176. The Labute approximate surface area is 625 Å². The van der Waals surface area contributed by atoms with Crippen molar-refractivity contribution >= 4 is 0 Å². The Morgan fingerprint density at radius 2 is 1.17 bits per heavy atom. The zero-order valence-electron chi connectivity index (χ0n) is 65.3. The normalized spacial score (nSPS) is 50.0. The molecule has 16 saturated heterocycles. The average molecular weight is 1450 g/mol. The van der Waals surface area contributed by atoms with Crippen molar-refractivity contribution in [2.45, 2.75) is 406 Å². The molecule has 584 valence electrons. The largest absolute Gasteiger partial charge is 0.393 e. The van der Waals surface area contributed by atoms with Gasteiger partial charge in [0.15, 0.2) is 11.6 Å². The van der Waals surface area contributed by atoms with Crippen molar-refractivity contribution in [3.63, 3.8) is 0 Å². The van der Waals surface area contributed by atoms with E-state index in [2.05, 4.69) is 121 Å². The van der Waals surface area contributed by atoms with Crippen LogP contribution in [0.25, 0.3) is 0 Å². The monoisotopic (exact) mass is 1450 g/mol. The van der Waals surface area contributed by atoms with Crippen LogP contribution in [0.1, 0.15) is 236 Å². The van der Waals surface area contributed by atoms with Crippen LogP contribution in [0.4, 0.5) is 0 Å². The molecular weight excluding hydrogens is 1310 g/mol. The standard InChI is InChI=1S/C45H70O8.C43H66O8/c1-10-13-31(46)22-34-29(8)37(19-25(4)12-3)49-39(34)23-38-28(7)26(5)20-32(48-38)15-16-35-27(6)21-33(47-35)17-18-45-24-40-42(53-45)44-43(51-40)41(52-45)30(9)36(50-44)14-11-2;1-8-23(2)17-35-27(6)32-20-29(44)11-9-10-12-34-28(7)39-41-42(48-34)40-38(49-41)22-43(50-39,51-40)16-15-31-19-25(4)33(45-31)14-13-30-18-24(3)26(5)36(46-30)21-37(32)47-35/h10-11,25-26,29-44,46H,1-2,6-7,12-24H2,3-5,8-9H3;9-10,23-24,27-42,44H,4-5,8,11-22H2,1-3,6-7H3/b;10-9+/t25-,26-,29-,30+,31?,32+,33+,34-,35?,36+,37-,38-,39?,40-,41+,42+,43+,44+,45-;23-,24-,27-,28+,29?,30+,31+,32-,33?,34+,35-,36-,37?,38-,39+,40+,41+,42+,43-/m11/s1. The first-order valence-corrected chi connectivity index (χ1v) is 42.1. The van der Waals surface area contributed by atoms with Gasteiger partial charge in [0, 0.05) is 50.4 Å². The highest BCUT2D eigenvalue weighted by atomic mass is 16.8. The van der Waals surface area contributed by atoms with E-state index in [1.807, 2.05) is 12.2 Å². The molecule has 17 aliphatic rings. The smallest absolute Gasteiger partial charge is 0.172 e. The van der Waals surface area contributed by atoms with Gasteiger partial charge in [-0.1, -0.05) is 133 Å². The number of fused-ring (bicyclic) bond motifs is 6. The van der Waals surface area contributed by atoms with Gasteiger partial charge in [-0.15, -0.1) is 13.2 Å². The number of aliphatic hydroxyl groups excluding tert-OH is 2. The fraction of sp³-hybridized carbons (Fsp3) is 0.841. The van der Waals surface area contributed by atoms with Gasteiger partial charge in [-0.2, -0.15) is 0 Å². The van der Waals surface area contributed by atoms with Gasteiger partial charge in [0.25, 0.3) is 0 Å². The van der Waals surface area contributed by atoms with Crippen LogP contribution in [0.2, 0.25) is 0 Å². The molecule has 38 atom stereocenters. The molecule has 0 saturated carbocycles. The first-order chi connectivity index (χ1) is 49.9. The first-order valence-electron chi connectivity index (χ1n) is 42.1. The van der Waals surface area contributed by atoms with E-state index in [1.165, 1.54) is 22.3 Å². The highest BCUT2D eigenvalue weighted by molar-refractivity contribution is 5.18. The van der Waals surface area contributed by atoms with Crippen molar-refractivity contribution < 1.29 is 76.5 Å². The zero-order chi connectivity index (χ0) is 73.2. The van der Waals surface area contributed by atoms with Gasteiger partial charge in [-0.25, -0.2) is 0 Å². The Hall–Kier alpha value is -2.46. The summed E-state index contributed by atoms with van der Waals surface area (Å²) in [6.45, 7) is 48.7. The van der Waals surface area contributed by atoms with Gasteiger partial charge >= 0.3 is 0 Å². The van der Waals surface area contributed by atoms with Gasteiger partial charge < -0.3 is 76.5 Å². The summed E-state index contributed by atoms with van der Waals surface area (Å²) in [5.74, 6) is 2.37. The Bertz CT molecular complexity index is 3010. The Morgan fingerprint density at radius 3 is 1.92 bits per heavy atom. The lowest BCUT2D eigenvalue weighted by molar-refractivity contribution is -0.263. The van der Waals surface area contributed by atoms with Crippen LogP contribution >= 0.6 is 0 Å². The summed E-state index contributed by atoms with van der Waals surface area (Å²) in [4.78, 5) is 0. The molecular formula is C88H136O16. The van der Waals surface area contributed by atoms with E-state index in [9.17, 15) is 10.2 Å². The van der Waals surface area contributed by atoms with Crippen LogP contribution < -0.4 is 0 Å². The summed E-state index contributed by atoms with van der Waals surface area (Å²) in [5, 5.41) is 22.3. The minimum Gasteiger partial charge on any atom is -0.393 e. The number of hydrogen-bond acceptors (Lipinski definition) is 16. The maximum atomic E-state index is 11.5. The predicted molar refractivity (Wildman–Crippen MR) is 401 cm³/mol. The Kier molecular flexibility index (Phi) is 24.9. The number of ether oxygens (including phenoxy) is 14. The van der Waals surface area contributed by atoms with Crippen LogP contribution in [-0.4, -0.2) is 180 Å². The van der Waals surface area contributed by atoms with Crippen molar-refractivity contribution in [3.05, 3.63) is 86.1 Å². The molecule has 17 aliphatic heterocycles. The van der Waals surface area contributed by atoms with Gasteiger partial charge in [0.05, 0.1) is 122 Å². The SMILES string of the molecule is C=C1C[C@@H]2CC[C@@]34C[C@H]5O[C@@H]6[C@@H](O[C@@H](C/C=C/CC(O)C[C@H]7C(C[C@H]8O[C@@H](CCC1O2)C[C@@H](C)C8=C)O[C@H](C[C@H](C)CC)[C@@H]7C)[C@H](C)[C@@H]6O3)[C@H]5O4.C=CCC(O)C[C@H]1C(C[C@H]2O[C@@H](CCC3O[C@@H](CC[C@@]45C[C@H]6O[C@@H]7[C@@H](O[C@@H](CC=C)[C@H](C)[C@@H]7O4)[C@H]6O5)CC3=C)C[C@@H](C)C2=C)O[C@H](C[C@H](C)CC)[C@@H]1C. The van der Waals surface area contributed by atoms with Crippen molar-refractivity contribution in [3.8, 4) is 0 Å². The summed E-state index contributed by atoms with van der Waals surface area (Å²) in [6.07, 6.45) is 30.4. The average Bonchev–Trinajstić information content (AvgIpc) is 1.56. The van der Waals surface area contributed by atoms with E-state index in [1.54, 1.807) is 0 Å². The summed E-state index contributed by atoms with van der Waals surface area (Å²) < 4.78 is 94.7. The second-order valence-corrected chi connectivity index (χ2v) is 36.4. The van der Waals surface area contributed by atoms with Crippen LogP contribution in [0.5, 0.6) is 0 Å². The topological polar surface area (TPSA) is 170 Å². The molecule has 6 unspecified atom stereocenters. The summed E-state index contributed by atoms with van der Waals surface area (Å²) >= 11 is 0. The second-order valence-electron chi connectivity index (χ2n) is 36.4. The minimum atomic E-state index is -0.650. The molecule has 0 aliphatic carbocycles. The highest BCUT2D eigenvalue weighted by Gasteiger charge is 2.69. The quantitative estimate of drug-likeness (QED) is 0.110. The molecule has 0 radical (unpaired) electrons. The minimum absolute atomic E-state index is 0.0146. The van der Waals surface area contributed by atoms with Crippen molar-refractivity contribution in [2.24, 2.45) is 59.2 Å². The number of rotatable bonds is 20. The predicted octanol–water partition coefficient (Wildman–Crippen LogP) is 16.0. The summed E-state index contributed by atoms with van der Waals surface area (Å²) in [7, 11) is 0. The maximum absolute atomic E-state index is 11.5. The summed E-state index contributed by atoms with van der Waals surface area (Å²) in [6, 6.07) is 0. The molecule has 0 aromatic rings. The molecule has 1 spiro atoms. The molecule has 16 fully saturated rings. The molecule has 0 aromatic heterocycles. The lowest BCUT2D eigenvalue weighted by Crippen LogP contribution is -2.54. The maximum Gasteiger partial charge on any atom is 0.172 e. The molecule has 16 nitrogen and oxygen atoms in total. The van der Waals surface area contributed by atoms with E-state index < -0.39 is 23.8 Å². The Morgan fingerprint density at radius 1 is 0.519 bits per heavy atom. The lowest BCUT2D eigenvalue weighted by atomic mass is 9.78. The van der Waals surface area contributed by atoms with E-state index in [-0.39, 0.29) is 170 Å². The van der Waals surface area contributed by atoms with Crippen molar-refractivity contribution in [1.82, 2.24) is 0 Å². The molecule has 2 N–H and O–H groups in total. The van der Waals surface area contributed by atoms with E-state index in [4.69, 9.17) is 66.3 Å². The van der Waals surface area contributed by atoms with Crippen molar-refractivity contribution in [1.29, 1.82) is 0 Å². The molecule has 17 rings (SSSR count). The highest BCUT2D eigenvalue weighted by Crippen LogP contribution is 2.57. The molecule has 104 heavy (non-hydrogen) atoms. The second kappa shape index (κ2) is 33.1. The van der Waals surface area contributed by atoms with Gasteiger partial charge in [0.2, 0.25) is 0 Å². The third kappa shape index (κ3) is 16.4. The van der Waals surface area contributed by atoms with E-state index >= 15 is 0 Å². The third-order valence-electron chi connectivity index (χ3n) is 29.1. The van der Waals surface area contributed by atoms with Crippen LogP contribution in [0, 0.1) is 59.2 Å². The molecule has 0 aromatic carbocycles. The third-order valence-corrected chi connectivity index (χ3v) is 29.1. The molecule has 16 heteroatoms. The van der Waals surface area contributed by atoms with Crippen LogP contribution in [0.3, 0.4) is 0 Å². The molecule has 0 amide bonds. The fourth-order valence-electron chi connectivity index (χ4n) is 22.1. The number of hydrogen-bond donors (Lipinski definition) is 2. The molecule has 17 bridgehead atoms. The lowest BCUT2D eigenvalue weighted by Gasteiger charge is -2.42. The van der Waals surface area contributed by atoms with Gasteiger partial charge in [-0.3, -0.25) is 0 Å². The summed E-state index contributed by atoms with van der Waals surface area (Å²) in [5.41, 5.74) is 4.74. The fourth-order valence-corrected chi connectivity index (χ4v) is 22.1. The van der Waals surface area contributed by atoms with Gasteiger partial charge in [-0.05, 0) is 185 Å². The number of aliphatic hydroxyl groups is 2. The van der Waals surface area contributed by atoms with E-state index in [0.717, 1.165) is 154 Å².